The molecule has 1 aromatic heterocycles. The number of carbonyl (C=O) groups is 2. The second-order valence-electron chi connectivity index (χ2n) is 6.82. The van der Waals surface area contributed by atoms with E-state index in [2.05, 4.69) is 10.5 Å². The Morgan fingerprint density at radius 2 is 2.03 bits per heavy atom. The average molecular weight is 416 g/mol. The number of benzene rings is 1. The average Bonchev–Trinajstić information content (AvgIpc) is 3.06. The molecule has 0 bridgehead atoms. The summed E-state index contributed by atoms with van der Waals surface area (Å²) in [6.07, 6.45) is 3.64. The second-order valence-corrected chi connectivity index (χ2v) is 6.82. The van der Waals surface area contributed by atoms with Crippen molar-refractivity contribution < 1.29 is 28.3 Å². The number of nitrogens with one attached hydrogen (secondary N) is 1. The van der Waals surface area contributed by atoms with Crippen LogP contribution in [0.4, 0.5) is 0 Å². The SMILES string of the molecule is CC[C@H](C)NC(=O)COC(=O)/C=C/c1ccc(OCc2c(C)noc2C)c(OC)c1. The van der Waals surface area contributed by atoms with Gasteiger partial charge in [0.05, 0.1) is 18.4 Å². The van der Waals surface area contributed by atoms with Gasteiger partial charge in [-0.25, -0.2) is 4.79 Å². The van der Waals surface area contributed by atoms with Crippen molar-refractivity contribution in [2.45, 2.75) is 46.8 Å². The number of aryl methyl sites for hydroxylation is 2. The van der Waals surface area contributed by atoms with E-state index in [1.54, 1.807) is 24.3 Å². The lowest BCUT2D eigenvalue weighted by Gasteiger charge is -2.11. The monoisotopic (exact) mass is 416 g/mol. The molecule has 2 rings (SSSR count). The van der Waals surface area contributed by atoms with E-state index in [0.29, 0.717) is 23.9 Å². The van der Waals surface area contributed by atoms with Gasteiger partial charge in [0.2, 0.25) is 0 Å². The number of rotatable bonds is 10. The van der Waals surface area contributed by atoms with Crippen LogP contribution in [0.3, 0.4) is 0 Å². The first-order valence-corrected chi connectivity index (χ1v) is 9.70. The van der Waals surface area contributed by atoms with E-state index < -0.39 is 5.97 Å². The lowest BCUT2D eigenvalue weighted by molar-refractivity contribution is -0.144. The van der Waals surface area contributed by atoms with Gasteiger partial charge < -0.3 is 24.1 Å². The fourth-order valence-corrected chi connectivity index (χ4v) is 2.53. The highest BCUT2D eigenvalue weighted by Gasteiger charge is 2.12. The molecule has 0 unspecified atom stereocenters. The highest BCUT2D eigenvalue weighted by Crippen LogP contribution is 2.30. The molecule has 30 heavy (non-hydrogen) atoms. The standard InChI is InChI=1S/C22H28N2O6/c1-6-14(2)23-21(25)13-29-22(26)10-8-17-7-9-19(20(11-17)27-5)28-12-18-15(3)24-30-16(18)4/h7-11,14H,6,12-13H2,1-5H3,(H,23,25)/b10-8+/t14-/m0/s1. The predicted molar refractivity (Wildman–Crippen MR) is 111 cm³/mol. The lowest BCUT2D eigenvalue weighted by Crippen LogP contribution is -2.35. The molecule has 1 atom stereocenters. The summed E-state index contributed by atoms with van der Waals surface area (Å²) in [7, 11) is 1.54. The van der Waals surface area contributed by atoms with Gasteiger partial charge in [-0.15, -0.1) is 0 Å². The third-order valence-corrected chi connectivity index (χ3v) is 4.52. The molecule has 1 N–H and O–H groups in total. The second kappa shape index (κ2) is 11.0. The van der Waals surface area contributed by atoms with Crippen molar-refractivity contribution in [1.82, 2.24) is 10.5 Å². The van der Waals surface area contributed by atoms with Crippen molar-refractivity contribution in [2.24, 2.45) is 0 Å². The molecule has 0 spiro atoms. The zero-order valence-electron chi connectivity index (χ0n) is 18.0. The molecule has 0 aliphatic rings. The minimum atomic E-state index is -0.605. The highest BCUT2D eigenvalue weighted by molar-refractivity contribution is 5.89. The highest BCUT2D eigenvalue weighted by atomic mass is 16.5. The summed E-state index contributed by atoms with van der Waals surface area (Å²) >= 11 is 0. The fraction of sp³-hybridized carbons (Fsp3) is 0.409. The van der Waals surface area contributed by atoms with Gasteiger partial charge in [-0.05, 0) is 51.0 Å². The molecule has 2 aromatic rings. The number of esters is 1. The van der Waals surface area contributed by atoms with Crippen LogP contribution in [-0.2, 0) is 20.9 Å². The zero-order valence-corrected chi connectivity index (χ0v) is 18.0. The fourth-order valence-electron chi connectivity index (χ4n) is 2.53. The van der Waals surface area contributed by atoms with E-state index >= 15 is 0 Å². The molecule has 162 valence electrons. The van der Waals surface area contributed by atoms with E-state index in [9.17, 15) is 9.59 Å². The first-order valence-electron chi connectivity index (χ1n) is 9.70. The van der Waals surface area contributed by atoms with Crippen molar-refractivity contribution in [3.63, 3.8) is 0 Å². The summed E-state index contributed by atoms with van der Waals surface area (Å²) in [6.45, 7) is 7.52. The molecule has 0 aliphatic heterocycles. The Kier molecular flexibility index (Phi) is 8.46. The van der Waals surface area contributed by atoms with Crippen LogP contribution < -0.4 is 14.8 Å². The number of methoxy groups -OCH3 is 1. The van der Waals surface area contributed by atoms with Gasteiger partial charge in [0, 0.05) is 12.1 Å². The quantitative estimate of drug-likeness (QED) is 0.468. The molecule has 1 amide bonds. The Morgan fingerprint density at radius 3 is 2.67 bits per heavy atom. The smallest absolute Gasteiger partial charge is 0.331 e. The van der Waals surface area contributed by atoms with Gasteiger partial charge in [-0.1, -0.05) is 18.1 Å². The van der Waals surface area contributed by atoms with Gasteiger partial charge in [-0.3, -0.25) is 4.79 Å². The number of amides is 1. The predicted octanol–water partition coefficient (Wildman–Crippen LogP) is 3.35. The van der Waals surface area contributed by atoms with Crippen molar-refractivity contribution in [2.75, 3.05) is 13.7 Å². The van der Waals surface area contributed by atoms with E-state index in [0.717, 1.165) is 23.2 Å². The maximum Gasteiger partial charge on any atom is 0.331 e. The van der Waals surface area contributed by atoms with Crippen LogP contribution in [0.15, 0.2) is 28.8 Å². The number of ether oxygens (including phenoxy) is 3. The Labute approximate surface area is 176 Å². The Balaban J connectivity index is 1.93. The molecule has 8 nitrogen and oxygen atoms in total. The maximum absolute atomic E-state index is 11.8. The van der Waals surface area contributed by atoms with Crippen molar-refractivity contribution in [3.8, 4) is 11.5 Å². The zero-order chi connectivity index (χ0) is 22.1. The van der Waals surface area contributed by atoms with Gasteiger partial charge in [0.1, 0.15) is 12.4 Å². The van der Waals surface area contributed by atoms with Crippen LogP contribution in [0, 0.1) is 13.8 Å². The molecule has 0 aliphatic carbocycles. The van der Waals surface area contributed by atoms with Crippen LogP contribution >= 0.6 is 0 Å². The molecular formula is C22H28N2O6. The molecule has 0 fully saturated rings. The van der Waals surface area contributed by atoms with Gasteiger partial charge in [0.15, 0.2) is 18.1 Å². The number of aromatic nitrogens is 1. The third kappa shape index (κ3) is 6.65. The van der Waals surface area contributed by atoms with Crippen molar-refractivity contribution in [1.29, 1.82) is 0 Å². The summed E-state index contributed by atoms with van der Waals surface area (Å²) in [5.74, 6) is 0.853. The van der Waals surface area contributed by atoms with Crippen LogP contribution in [0.25, 0.3) is 6.08 Å². The molecule has 1 aromatic carbocycles. The largest absolute Gasteiger partial charge is 0.493 e. The molecule has 0 saturated heterocycles. The molecule has 8 heteroatoms. The molecule has 1 heterocycles. The van der Waals surface area contributed by atoms with E-state index in [1.807, 2.05) is 27.7 Å². The summed E-state index contributed by atoms with van der Waals surface area (Å²) in [5, 5.41) is 6.63. The number of carbonyl (C=O) groups excluding carboxylic acids is 2. The van der Waals surface area contributed by atoms with Crippen LogP contribution in [-0.4, -0.2) is 36.8 Å². The minimum absolute atomic E-state index is 0.0394. The minimum Gasteiger partial charge on any atom is -0.493 e. The van der Waals surface area contributed by atoms with E-state index in [1.165, 1.54) is 13.2 Å². The molecular weight excluding hydrogens is 388 g/mol. The Hall–Kier alpha value is -3.29. The number of hydrogen-bond donors (Lipinski definition) is 1. The summed E-state index contributed by atoms with van der Waals surface area (Å²) in [6, 6.07) is 5.31. The maximum atomic E-state index is 11.8. The Morgan fingerprint density at radius 1 is 1.27 bits per heavy atom. The molecule has 0 saturated carbocycles. The van der Waals surface area contributed by atoms with Crippen molar-refractivity contribution in [3.05, 3.63) is 46.9 Å². The first kappa shape index (κ1) is 23.0. The van der Waals surface area contributed by atoms with Crippen molar-refractivity contribution >= 4 is 18.0 Å². The third-order valence-electron chi connectivity index (χ3n) is 4.52. The molecule has 0 radical (unpaired) electrons. The van der Waals surface area contributed by atoms with E-state index in [4.69, 9.17) is 18.7 Å². The normalized spacial score (nSPS) is 11.9. The lowest BCUT2D eigenvalue weighted by atomic mass is 10.2. The van der Waals surface area contributed by atoms with Crippen LogP contribution in [0.2, 0.25) is 0 Å². The van der Waals surface area contributed by atoms with Gasteiger partial charge in [0.25, 0.3) is 5.91 Å². The summed E-state index contributed by atoms with van der Waals surface area (Å²) < 4.78 is 21.3. The first-order chi connectivity index (χ1) is 14.3. The van der Waals surface area contributed by atoms with E-state index in [-0.39, 0.29) is 18.6 Å². The van der Waals surface area contributed by atoms with Gasteiger partial charge >= 0.3 is 5.97 Å². The van der Waals surface area contributed by atoms with Gasteiger partial charge in [-0.2, -0.15) is 0 Å². The number of hydrogen-bond acceptors (Lipinski definition) is 7. The topological polar surface area (TPSA) is 99.9 Å². The summed E-state index contributed by atoms with van der Waals surface area (Å²) in [4.78, 5) is 23.5. The Bertz CT molecular complexity index is 884. The van der Waals surface area contributed by atoms with Crippen LogP contribution in [0.1, 0.15) is 42.8 Å². The summed E-state index contributed by atoms with van der Waals surface area (Å²) in [5.41, 5.74) is 2.39. The van der Waals surface area contributed by atoms with Crippen LogP contribution in [0.5, 0.6) is 11.5 Å². The number of nitrogens with zero attached hydrogens (tertiary/aromatic N) is 1.